The van der Waals surface area contributed by atoms with Crippen LogP contribution in [0.5, 0.6) is 0 Å². The minimum absolute atomic E-state index is 0.169. The van der Waals surface area contributed by atoms with E-state index in [1.807, 2.05) is 0 Å². The molecule has 0 unspecified atom stereocenters. The molecule has 0 fully saturated rings. The number of anilines is 1. The van der Waals surface area contributed by atoms with Crippen molar-refractivity contribution < 1.29 is 8.78 Å². The Hall–Kier alpha value is -3.61. The molecule has 3 N–H and O–H groups in total. The third kappa shape index (κ3) is 2.90. The second kappa shape index (κ2) is 6.36. The van der Waals surface area contributed by atoms with Crippen LogP contribution in [0.15, 0.2) is 61.1 Å². The van der Waals surface area contributed by atoms with Crippen molar-refractivity contribution in [3.8, 4) is 33.9 Å². The normalized spacial score (nSPS) is 10.8. The molecule has 0 atom stereocenters. The van der Waals surface area contributed by atoms with Gasteiger partial charge in [0.1, 0.15) is 11.6 Å². The van der Waals surface area contributed by atoms with Crippen molar-refractivity contribution in [2.45, 2.75) is 0 Å². The van der Waals surface area contributed by atoms with Gasteiger partial charge in [0.15, 0.2) is 11.6 Å². The second-order valence-electron chi connectivity index (χ2n) is 5.64. The van der Waals surface area contributed by atoms with E-state index in [1.165, 1.54) is 24.4 Å². The lowest BCUT2D eigenvalue weighted by molar-refractivity contribution is 0.627. The van der Waals surface area contributed by atoms with Crippen molar-refractivity contribution in [1.29, 1.82) is 0 Å². The number of aromatic amines is 1. The van der Waals surface area contributed by atoms with Crippen LogP contribution in [-0.2, 0) is 0 Å². The Morgan fingerprint density at radius 3 is 2.31 bits per heavy atom. The van der Waals surface area contributed by atoms with E-state index in [9.17, 15) is 8.78 Å². The van der Waals surface area contributed by atoms with Crippen molar-refractivity contribution in [2.75, 3.05) is 5.73 Å². The fraction of sp³-hybridized carbons (Fsp3) is 0. The van der Waals surface area contributed by atoms with Crippen molar-refractivity contribution >= 4 is 5.82 Å². The van der Waals surface area contributed by atoms with Gasteiger partial charge in [-0.25, -0.2) is 18.7 Å². The van der Waals surface area contributed by atoms with Gasteiger partial charge in [-0.15, -0.1) is 0 Å². The summed E-state index contributed by atoms with van der Waals surface area (Å²) in [6.45, 7) is 0. The molecule has 26 heavy (non-hydrogen) atoms. The van der Waals surface area contributed by atoms with Crippen LogP contribution in [-0.4, -0.2) is 19.9 Å². The van der Waals surface area contributed by atoms with Crippen LogP contribution in [0.1, 0.15) is 0 Å². The summed E-state index contributed by atoms with van der Waals surface area (Å²) in [6.07, 6.45) is 4.77. The van der Waals surface area contributed by atoms with Crippen molar-refractivity contribution in [1.82, 2.24) is 19.9 Å². The number of nitrogen functional groups attached to an aromatic ring is 1. The molecule has 0 aliphatic rings. The number of benzene rings is 1. The topological polar surface area (TPSA) is 80.5 Å². The molecule has 5 nitrogen and oxygen atoms in total. The fourth-order valence-corrected chi connectivity index (χ4v) is 2.63. The Kier molecular flexibility index (Phi) is 3.89. The molecule has 4 rings (SSSR count). The van der Waals surface area contributed by atoms with Crippen LogP contribution in [0, 0.1) is 11.6 Å². The summed E-state index contributed by atoms with van der Waals surface area (Å²) < 4.78 is 27.1. The molecule has 0 aliphatic carbocycles. The lowest BCUT2D eigenvalue weighted by atomic mass is 10.1. The number of rotatable bonds is 3. The molecule has 0 saturated heterocycles. The lowest BCUT2D eigenvalue weighted by Gasteiger charge is -2.04. The smallest absolute Gasteiger partial charge is 0.165 e. The zero-order valence-electron chi connectivity index (χ0n) is 13.4. The first kappa shape index (κ1) is 15.9. The number of imidazole rings is 1. The zero-order valence-corrected chi connectivity index (χ0v) is 13.4. The first-order valence-electron chi connectivity index (χ1n) is 7.79. The Bertz CT molecular complexity index is 1060. The van der Waals surface area contributed by atoms with Gasteiger partial charge in [0.2, 0.25) is 0 Å². The molecule has 1 aromatic carbocycles. The monoisotopic (exact) mass is 349 g/mol. The Labute approximate surface area is 147 Å². The third-order valence-corrected chi connectivity index (χ3v) is 3.93. The van der Waals surface area contributed by atoms with Crippen LogP contribution >= 0.6 is 0 Å². The number of nitrogens with zero attached hydrogens (tertiary/aromatic N) is 3. The molecule has 0 radical (unpaired) electrons. The molecule has 4 aromatic rings. The van der Waals surface area contributed by atoms with E-state index in [0.29, 0.717) is 28.3 Å². The highest BCUT2D eigenvalue weighted by Gasteiger charge is 2.16. The van der Waals surface area contributed by atoms with Gasteiger partial charge in [-0.1, -0.05) is 0 Å². The Morgan fingerprint density at radius 2 is 1.62 bits per heavy atom. The SMILES string of the molecule is Nc1ncc(-c2[nH]c(-c3ccc(F)cc3)nc2-c2ccncc2)cc1F. The second-order valence-corrected chi connectivity index (χ2v) is 5.64. The Morgan fingerprint density at radius 1 is 0.885 bits per heavy atom. The maximum atomic E-state index is 13.9. The summed E-state index contributed by atoms with van der Waals surface area (Å²) in [5.74, 6) is -0.581. The van der Waals surface area contributed by atoms with E-state index in [2.05, 4.69) is 19.9 Å². The maximum absolute atomic E-state index is 13.9. The van der Waals surface area contributed by atoms with Gasteiger partial charge >= 0.3 is 0 Å². The first-order valence-corrected chi connectivity index (χ1v) is 7.79. The third-order valence-electron chi connectivity index (χ3n) is 3.93. The lowest BCUT2D eigenvalue weighted by Crippen LogP contribution is -1.95. The van der Waals surface area contributed by atoms with E-state index < -0.39 is 5.82 Å². The van der Waals surface area contributed by atoms with E-state index in [4.69, 9.17) is 5.73 Å². The van der Waals surface area contributed by atoms with Gasteiger partial charge in [0.05, 0.1) is 11.4 Å². The van der Waals surface area contributed by atoms with Crippen molar-refractivity contribution in [2.24, 2.45) is 0 Å². The number of aromatic nitrogens is 4. The maximum Gasteiger partial charge on any atom is 0.165 e. The number of H-pyrrole nitrogens is 1. The Balaban J connectivity index is 1.90. The molecular formula is C19H13F2N5. The number of halogens is 2. The van der Waals surface area contributed by atoms with Crippen LogP contribution in [0.25, 0.3) is 33.9 Å². The molecule has 0 amide bonds. The van der Waals surface area contributed by atoms with E-state index in [0.717, 1.165) is 5.56 Å². The number of nitrogens with one attached hydrogen (secondary N) is 1. The average molecular weight is 349 g/mol. The molecule has 0 saturated carbocycles. The summed E-state index contributed by atoms with van der Waals surface area (Å²) in [5, 5.41) is 0. The van der Waals surface area contributed by atoms with Crippen molar-refractivity contribution in [3.05, 3.63) is 72.7 Å². The summed E-state index contributed by atoms with van der Waals surface area (Å²) in [6, 6.07) is 10.9. The first-order chi connectivity index (χ1) is 12.6. The van der Waals surface area contributed by atoms with E-state index in [-0.39, 0.29) is 11.6 Å². The molecule has 3 aromatic heterocycles. The predicted molar refractivity (Wildman–Crippen MR) is 94.8 cm³/mol. The summed E-state index contributed by atoms with van der Waals surface area (Å²) in [5.41, 5.74) is 8.68. The van der Waals surface area contributed by atoms with Gasteiger partial charge in [-0.05, 0) is 42.5 Å². The minimum atomic E-state index is -0.610. The van der Waals surface area contributed by atoms with Gasteiger partial charge in [-0.2, -0.15) is 0 Å². The molecule has 7 heteroatoms. The molecule has 0 spiro atoms. The minimum Gasteiger partial charge on any atom is -0.381 e. The highest BCUT2D eigenvalue weighted by Crippen LogP contribution is 2.33. The van der Waals surface area contributed by atoms with Gasteiger partial charge in [0.25, 0.3) is 0 Å². The number of pyridine rings is 2. The van der Waals surface area contributed by atoms with E-state index >= 15 is 0 Å². The highest BCUT2D eigenvalue weighted by molar-refractivity contribution is 5.81. The number of nitrogens with two attached hydrogens (primary N) is 1. The quantitative estimate of drug-likeness (QED) is 0.584. The van der Waals surface area contributed by atoms with Crippen LogP contribution < -0.4 is 5.73 Å². The van der Waals surface area contributed by atoms with Crippen LogP contribution in [0.3, 0.4) is 0 Å². The zero-order chi connectivity index (χ0) is 18.1. The number of hydrogen-bond donors (Lipinski definition) is 2. The molecule has 0 aliphatic heterocycles. The molecular weight excluding hydrogens is 336 g/mol. The van der Waals surface area contributed by atoms with Crippen LogP contribution in [0.4, 0.5) is 14.6 Å². The molecule has 128 valence electrons. The predicted octanol–water partition coefficient (Wildman–Crippen LogP) is 4.06. The summed E-state index contributed by atoms with van der Waals surface area (Å²) in [4.78, 5) is 15.7. The molecule has 0 bridgehead atoms. The largest absolute Gasteiger partial charge is 0.381 e. The van der Waals surface area contributed by atoms with Crippen LogP contribution in [0.2, 0.25) is 0 Å². The average Bonchev–Trinajstić information content (AvgIpc) is 3.11. The summed E-state index contributed by atoms with van der Waals surface area (Å²) >= 11 is 0. The van der Waals surface area contributed by atoms with Crippen molar-refractivity contribution in [3.63, 3.8) is 0 Å². The summed E-state index contributed by atoms with van der Waals surface area (Å²) in [7, 11) is 0. The van der Waals surface area contributed by atoms with Gasteiger partial charge < -0.3 is 10.7 Å². The van der Waals surface area contributed by atoms with E-state index in [1.54, 1.807) is 36.7 Å². The van der Waals surface area contributed by atoms with Gasteiger partial charge in [-0.3, -0.25) is 4.98 Å². The standard InChI is InChI=1S/C19H13F2N5/c20-14-3-1-12(2-4-14)19-25-16(11-5-7-23-8-6-11)17(26-19)13-9-15(21)18(22)24-10-13/h1-10H,(H2,22,24)(H,25,26). The fourth-order valence-electron chi connectivity index (χ4n) is 2.63. The highest BCUT2D eigenvalue weighted by atomic mass is 19.1. The number of hydrogen-bond acceptors (Lipinski definition) is 4. The van der Waals surface area contributed by atoms with Gasteiger partial charge in [0, 0.05) is 35.3 Å². The molecule has 3 heterocycles.